The summed E-state index contributed by atoms with van der Waals surface area (Å²) in [6.07, 6.45) is 1.11. The van der Waals surface area contributed by atoms with Crippen molar-refractivity contribution in [1.82, 2.24) is 9.80 Å². The molecule has 0 radical (unpaired) electrons. The Bertz CT molecular complexity index is 930. The first kappa shape index (κ1) is 18.5. The molecule has 0 saturated carbocycles. The molecule has 1 aliphatic rings. The number of nitrogens with zero attached hydrogens (tertiary/aromatic N) is 2. The summed E-state index contributed by atoms with van der Waals surface area (Å²) in [7, 11) is -1.48. The van der Waals surface area contributed by atoms with Crippen LogP contribution in [0.1, 0.15) is 22.0 Å². The lowest BCUT2D eigenvalue weighted by atomic mass is 10.0. The maximum Gasteiger partial charge on any atom is 0.254 e. The molecule has 0 aliphatic carbocycles. The summed E-state index contributed by atoms with van der Waals surface area (Å²) in [6.45, 7) is 1.46. The van der Waals surface area contributed by atoms with Crippen molar-refractivity contribution in [2.75, 3.05) is 32.9 Å². The number of likely N-dealkylation sites (N-methyl/N-ethyl adjacent to an activating group) is 1. The molecule has 1 heterocycles. The number of sulfone groups is 1. The van der Waals surface area contributed by atoms with Crippen LogP contribution in [0.2, 0.25) is 0 Å². The van der Waals surface area contributed by atoms with Gasteiger partial charge < -0.3 is 4.90 Å². The minimum Gasteiger partial charge on any atom is -0.335 e. The zero-order chi connectivity index (χ0) is 18.9. The molecule has 1 unspecified atom stereocenters. The molecule has 1 saturated heterocycles. The Morgan fingerprint density at radius 1 is 1.12 bits per heavy atom. The van der Waals surface area contributed by atoms with E-state index in [9.17, 15) is 17.6 Å². The van der Waals surface area contributed by atoms with Gasteiger partial charge in [0.25, 0.3) is 5.91 Å². The lowest BCUT2D eigenvalue weighted by molar-refractivity contribution is 0.0540. The largest absolute Gasteiger partial charge is 0.335 e. The van der Waals surface area contributed by atoms with Crippen LogP contribution in [-0.4, -0.2) is 57.1 Å². The molecule has 138 valence electrons. The molecule has 3 rings (SSSR count). The first-order chi connectivity index (χ1) is 12.3. The van der Waals surface area contributed by atoms with Gasteiger partial charge in [-0.15, -0.1) is 0 Å². The Kier molecular flexibility index (Phi) is 5.11. The van der Waals surface area contributed by atoms with E-state index in [4.69, 9.17) is 0 Å². The lowest BCUT2D eigenvalue weighted by Gasteiger charge is -2.39. The number of carbonyl (C=O) groups is 1. The quantitative estimate of drug-likeness (QED) is 0.825. The SMILES string of the molecule is CN1CCN(C(=O)c2cccc(S(C)(=O)=O)c2)CC1c1ccccc1F. The minimum atomic E-state index is -3.39. The predicted molar refractivity (Wildman–Crippen MR) is 97.2 cm³/mol. The third-order valence-corrected chi connectivity index (χ3v) is 5.82. The van der Waals surface area contributed by atoms with Crippen LogP contribution in [0.5, 0.6) is 0 Å². The molecule has 5 nitrogen and oxygen atoms in total. The van der Waals surface area contributed by atoms with Crippen molar-refractivity contribution in [3.05, 3.63) is 65.5 Å². The molecule has 0 spiro atoms. The molecule has 2 aromatic carbocycles. The van der Waals surface area contributed by atoms with Crippen molar-refractivity contribution in [3.63, 3.8) is 0 Å². The van der Waals surface area contributed by atoms with Crippen LogP contribution in [0, 0.1) is 5.82 Å². The van der Waals surface area contributed by atoms with Crippen LogP contribution >= 0.6 is 0 Å². The molecule has 2 aromatic rings. The van der Waals surface area contributed by atoms with Crippen LogP contribution in [0.25, 0.3) is 0 Å². The first-order valence-electron chi connectivity index (χ1n) is 8.31. The van der Waals surface area contributed by atoms with Gasteiger partial charge in [-0.25, -0.2) is 12.8 Å². The molecule has 1 amide bonds. The molecule has 1 atom stereocenters. The molecule has 0 bridgehead atoms. The van der Waals surface area contributed by atoms with Gasteiger partial charge >= 0.3 is 0 Å². The maximum absolute atomic E-state index is 14.2. The highest BCUT2D eigenvalue weighted by Crippen LogP contribution is 2.27. The molecular weight excluding hydrogens is 355 g/mol. The monoisotopic (exact) mass is 376 g/mol. The Morgan fingerprint density at radius 2 is 1.85 bits per heavy atom. The number of rotatable bonds is 3. The van der Waals surface area contributed by atoms with Gasteiger partial charge in [0, 0.05) is 37.0 Å². The fourth-order valence-corrected chi connectivity index (χ4v) is 3.85. The van der Waals surface area contributed by atoms with Crippen molar-refractivity contribution >= 4 is 15.7 Å². The minimum absolute atomic E-state index is 0.114. The molecular formula is C19H21FN2O3S. The normalized spacial score (nSPS) is 18.7. The standard InChI is InChI=1S/C19H21FN2O3S/c1-21-10-11-22(13-18(21)16-8-3-4-9-17(16)20)19(23)14-6-5-7-15(12-14)26(2,24)25/h3-9,12,18H,10-11,13H2,1-2H3. The van der Waals surface area contributed by atoms with Crippen LogP contribution < -0.4 is 0 Å². The summed E-state index contributed by atoms with van der Waals surface area (Å²) < 4.78 is 37.6. The smallest absolute Gasteiger partial charge is 0.254 e. The van der Waals surface area contributed by atoms with Crippen molar-refractivity contribution in [2.45, 2.75) is 10.9 Å². The van der Waals surface area contributed by atoms with Gasteiger partial charge in [-0.1, -0.05) is 24.3 Å². The van der Waals surface area contributed by atoms with E-state index in [0.29, 0.717) is 30.8 Å². The van der Waals surface area contributed by atoms with E-state index in [1.54, 1.807) is 35.2 Å². The van der Waals surface area contributed by atoms with Crippen molar-refractivity contribution in [1.29, 1.82) is 0 Å². The summed E-state index contributed by atoms with van der Waals surface area (Å²) in [5, 5.41) is 0. The number of benzene rings is 2. The van der Waals surface area contributed by atoms with E-state index in [2.05, 4.69) is 0 Å². The third-order valence-electron chi connectivity index (χ3n) is 4.71. The summed E-state index contributed by atoms with van der Waals surface area (Å²) in [5.41, 5.74) is 0.877. The number of piperazine rings is 1. The Hall–Kier alpha value is -2.25. The van der Waals surface area contributed by atoms with Crippen LogP contribution in [0.15, 0.2) is 53.4 Å². The van der Waals surface area contributed by atoms with Gasteiger partial charge in [0.2, 0.25) is 0 Å². The van der Waals surface area contributed by atoms with E-state index in [-0.39, 0.29) is 22.7 Å². The highest BCUT2D eigenvalue weighted by atomic mass is 32.2. The number of hydrogen-bond donors (Lipinski definition) is 0. The van der Waals surface area contributed by atoms with Crippen LogP contribution in [0.4, 0.5) is 4.39 Å². The van der Waals surface area contributed by atoms with Gasteiger partial charge in [0.05, 0.1) is 10.9 Å². The Balaban J connectivity index is 1.86. The molecule has 0 N–H and O–H groups in total. The number of hydrogen-bond acceptors (Lipinski definition) is 4. The number of halogens is 1. The van der Waals surface area contributed by atoms with Gasteiger partial charge in [-0.2, -0.15) is 0 Å². The predicted octanol–water partition coefficient (Wildman–Crippen LogP) is 2.36. The second kappa shape index (κ2) is 7.17. The highest BCUT2D eigenvalue weighted by Gasteiger charge is 2.30. The van der Waals surface area contributed by atoms with E-state index in [1.807, 2.05) is 11.9 Å². The second-order valence-corrected chi connectivity index (χ2v) is 8.58. The Morgan fingerprint density at radius 3 is 2.54 bits per heavy atom. The zero-order valence-corrected chi connectivity index (χ0v) is 15.5. The summed E-state index contributed by atoms with van der Waals surface area (Å²) in [6, 6.07) is 12.4. The fraction of sp³-hybridized carbons (Fsp3) is 0.316. The summed E-state index contributed by atoms with van der Waals surface area (Å²) in [4.78, 5) is 16.7. The van der Waals surface area contributed by atoms with Crippen LogP contribution in [0.3, 0.4) is 0 Å². The fourth-order valence-electron chi connectivity index (χ4n) is 3.18. The molecule has 1 aliphatic heterocycles. The van der Waals surface area contributed by atoms with E-state index >= 15 is 0 Å². The maximum atomic E-state index is 14.2. The average molecular weight is 376 g/mol. The number of amides is 1. The lowest BCUT2D eigenvalue weighted by Crippen LogP contribution is -2.49. The second-order valence-electron chi connectivity index (χ2n) is 6.57. The van der Waals surface area contributed by atoms with Gasteiger partial charge in [-0.3, -0.25) is 9.69 Å². The summed E-state index contributed by atoms with van der Waals surface area (Å²) >= 11 is 0. The first-order valence-corrected chi connectivity index (χ1v) is 10.2. The van der Waals surface area contributed by atoms with Crippen molar-refractivity contribution in [3.8, 4) is 0 Å². The van der Waals surface area contributed by atoms with Gasteiger partial charge in [-0.05, 0) is 31.3 Å². The molecule has 7 heteroatoms. The molecule has 26 heavy (non-hydrogen) atoms. The molecule has 0 aromatic heterocycles. The van der Waals surface area contributed by atoms with Gasteiger partial charge in [0.15, 0.2) is 9.84 Å². The Labute approximate surface area is 153 Å². The van der Waals surface area contributed by atoms with Crippen molar-refractivity contribution in [2.24, 2.45) is 0 Å². The van der Waals surface area contributed by atoms with E-state index < -0.39 is 9.84 Å². The van der Waals surface area contributed by atoms with Gasteiger partial charge in [0.1, 0.15) is 5.82 Å². The third kappa shape index (κ3) is 3.78. The number of carbonyl (C=O) groups excluding carboxylic acids is 1. The van der Waals surface area contributed by atoms with E-state index in [1.165, 1.54) is 18.2 Å². The highest BCUT2D eigenvalue weighted by molar-refractivity contribution is 7.90. The topological polar surface area (TPSA) is 57.7 Å². The average Bonchev–Trinajstić information content (AvgIpc) is 2.62. The molecule has 1 fully saturated rings. The zero-order valence-electron chi connectivity index (χ0n) is 14.7. The van der Waals surface area contributed by atoms with Crippen LogP contribution in [-0.2, 0) is 9.84 Å². The summed E-state index contributed by atoms with van der Waals surface area (Å²) in [5.74, 6) is -0.539. The van der Waals surface area contributed by atoms with E-state index in [0.717, 1.165) is 6.26 Å². The van der Waals surface area contributed by atoms with Crippen molar-refractivity contribution < 1.29 is 17.6 Å².